The molecule has 1 unspecified atom stereocenters. The fourth-order valence-corrected chi connectivity index (χ4v) is 2.34. The fraction of sp³-hybridized carbons (Fsp3) is 0.562. The molecule has 0 aliphatic rings. The van der Waals surface area contributed by atoms with Gasteiger partial charge in [-0.05, 0) is 43.9 Å². The zero-order valence-electron chi connectivity index (χ0n) is 13.1. The number of ether oxygens (including phenoxy) is 1. The van der Waals surface area contributed by atoms with Crippen molar-refractivity contribution in [2.75, 3.05) is 20.2 Å². The van der Waals surface area contributed by atoms with Crippen LogP contribution < -0.4 is 4.74 Å². The average Bonchev–Trinajstić information content (AvgIpc) is 2.37. The number of rotatable bonds is 8. The summed E-state index contributed by atoms with van der Waals surface area (Å²) in [4.78, 5) is 12.8. The topological polar surface area (TPSA) is 49.8 Å². The Kier molecular flexibility index (Phi) is 6.62. The van der Waals surface area contributed by atoms with Gasteiger partial charge in [0, 0.05) is 12.6 Å². The van der Waals surface area contributed by atoms with E-state index < -0.39 is 5.97 Å². The molecule has 5 heteroatoms. The molecule has 0 amide bonds. The fourth-order valence-electron chi connectivity index (χ4n) is 2.34. The van der Waals surface area contributed by atoms with Gasteiger partial charge in [0.25, 0.3) is 0 Å². The van der Waals surface area contributed by atoms with Crippen LogP contribution in [-0.4, -0.2) is 42.2 Å². The number of halogens is 1. The van der Waals surface area contributed by atoms with Crippen molar-refractivity contribution in [3.63, 3.8) is 0 Å². The van der Waals surface area contributed by atoms with Crippen LogP contribution in [0.1, 0.15) is 26.3 Å². The number of carboxylic acids is 1. The predicted octanol–water partition coefficient (Wildman–Crippen LogP) is 2.81. The van der Waals surface area contributed by atoms with E-state index in [1.54, 1.807) is 6.07 Å². The molecule has 0 aliphatic carbocycles. The van der Waals surface area contributed by atoms with Crippen molar-refractivity contribution in [2.24, 2.45) is 5.92 Å². The predicted molar refractivity (Wildman–Crippen MR) is 80.2 cm³/mol. The molecule has 0 fully saturated rings. The molecule has 0 saturated heterocycles. The van der Waals surface area contributed by atoms with E-state index >= 15 is 0 Å². The zero-order chi connectivity index (χ0) is 16.0. The van der Waals surface area contributed by atoms with Gasteiger partial charge in [0.15, 0.2) is 11.6 Å². The molecular weight excluding hydrogens is 273 g/mol. The number of methoxy groups -OCH3 is 1. The number of hydrogen-bond acceptors (Lipinski definition) is 3. The molecular formula is C16H24FNO3. The quantitative estimate of drug-likeness (QED) is 0.801. The van der Waals surface area contributed by atoms with E-state index in [0.717, 1.165) is 5.56 Å². The van der Waals surface area contributed by atoms with Gasteiger partial charge < -0.3 is 9.84 Å². The summed E-state index contributed by atoms with van der Waals surface area (Å²) >= 11 is 0. The van der Waals surface area contributed by atoms with Gasteiger partial charge in [-0.15, -0.1) is 0 Å². The molecule has 1 rings (SSSR count). The highest BCUT2D eigenvalue weighted by Crippen LogP contribution is 2.20. The summed E-state index contributed by atoms with van der Waals surface area (Å²) in [6.07, 6.45) is 0.698. The van der Waals surface area contributed by atoms with Crippen molar-refractivity contribution in [3.8, 4) is 5.75 Å². The normalized spacial score (nSPS) is 12.7. The average molecular weight is 297 g/mol. The van der Waals surface area contributed by atoms with Crippen LogP contribution in [0, 0.1) is 11.7 Å². The van der Waals surface area contributed by atoms with E-state index in [2.05, 4.69) is 0 Å². The van der Waals surface area contributed by atoms with Gasteiger partial charge in [0.1, 0.15) is 0 Å². The van der Waals surface area contributed by atoms with Crippen LogP contribution >= 0.6 is 0 Å². The van der Waals surface area contributed by atoms with Crippen LogP contribution in [0.5, 0.6) is 5.75 Å². The van der Waals surface area contributed by atoms with Crippen LogP contribution in [0.4, 0.5) is 4.39 Å². The first-order valence-corrected chi connectivity index (χ1v) is 7.11. The second-order valence-electron chi connectivity index (χ2n) is 5.70. The second kappa shape index (κ2) is 7.98. The van der Waals surface area contributed by atoms with E-state index in [1.165, 1.54) is 13.2 Å². The van der Waals surface area contributed by atoms with E-state index in [0.29, 0.717) is 13.0 Å². The van der Waals surface area contributed by atoms with Crippen LogP contribution in [-0.2, 0) is 11.2 Å². The maximum atomic E-state index is 13.7. The number of aliphatic carboxylic acids is 1. The molecule has 4 nitrogen and oxygen atoms in total. The molecule has 1 atom stereocenters. The standard InChI is InChI=1S/C16H24FNO3/c1-11(2)18(10-16(19)20)9-12(3)7-13-5-6-15(21-4)14(17)8-13/h5-6,8,11-12H,7,9-10H2,1-4H3,(H,19,20). The van der Waals surface area contributed by atoms with E-state index in [1.807, 2.05) is 31.7 Å². The Bertz CT molecular complexity index is 477. The summed E-state index contributed by atoms with van der Waals surface area (Å²) in [7, 11) is 1.44. The minimum atomic E-state index is -0.827. The van der Waals surface area contributed by atoms with Gasteiger partial charge >= 0.3 is 5.97 Å². The Hall–Kier alpha value is -1.62. The third-order valence-corrected chi connectivity index (χ3v) is 3.42. The van der Waals surface area contributed by atoms with Gasteiger partial charge in [-0.25, -0.2) is 4.39 Å². The van der Waals surface area contributed by atoms with Crippen LogP contribution in [0.25, 0.3) is 0 Å². The van der Waals surface area contributed by atoms with Gasteiger partial charge in [-0.3, -0.25) is 9.69 Å². The Labute approximate surface area is 125 Å². The minimum absolute atomic E-state index is 0.0268. The Morgan fingerprint density at radius 1 is 1.38 bits per heavy atom. The third kappa shape index (κ3) is 5.71. The summed E-state index contributed by atoms with van der Waals surface area (Å²) in [6.45, 7) is 6.68. The summed E-state index contributed by atoms with van der Waals surface area (Å²) < 4.78 is 18.5. The van der Waals surface area contributed by atoms with Gasteiger partial charge in [-0.1, -0.05) is 13.0 Å². The molecule has 1 aromatic rings. The number of nitrogens with zero attached hydrogens (tertiary/aromatic N) is 1. The van der Waals surface area contributed by atoms with Crippen LogP contribution in [0.3, 0.4) is 0 Å². The van der Waals surface area contributed by atoms with Crippen molar-refractivity contribution in [3.05, 3.63) is 29.6 Å². The van der Waals surface area contributed by atoms with Crippen LogP contribution in [0.15, 0.2) is 18.2 Å². The van der Waals surface area contributed by atoms with Crippen molar-refractivity contribution >= 4 is 5.97 Å². The SMILES string of the molecule is COc1ccc(CC(C)CN(CC(=O)O)C(C)C)cc1F. The second-order valence-corrected chi connectivity index (χ2v) is 5.70. The van der Waals surface area contributed by atoms with Gasteiger partial charge in [-0.2, -0.15) is 0 Å². The van der Waals surface area contributed by atoms with E-state index in [-0.39, 0.29) is 30.1 Å². The molecule has 1 aromatic carbocycles. The highest BCUT2D eigenvalue weighted by molar-refractivity contribution is 5.69. The van der Waals surface area contributed by atoms with Gasteiger partial charge in [0.2, 0.25) is 0 Å². The number of benzene rings is 1. The zero-order valence-corrected chi connectivity index (χ0v) is 13.1. The van der Waals surface area contributed by atoms with E-state index in [9.17, 15) is 9.18 Å². The van der Waals surface area contributed by atoms with Gasteiger partial charge in [0.05, 0.1) is 13.7 Å². The summed E-state index contributed by atoms with van der Waals surface area (Å²) in [5.41, 5.74) is 0.889. The number of hydrogen-bond donors (Lipinski definition) is 1. The maximum absolute atomic E-state index is 13.7. The number of carboxylic acid groups (broad SMARTS) is 1. The van der Waals surface area contributed by atoms with Crippen molar-refractivity contribution in [1.29, 1.82) is 0 Å². The number of carbonyl (C=O) groups is 1. The molecule has 0 aliphatic heterocycles. The highest BCUT2D eigenvalue weighted by atomic mass is 19.1. The lowest BCUT2D eigenvalue weighted by Gasteiger charge is -2.27. The molecule has 0 radical (unpaired) electrons. The molecule has 0 heterocycles. The maximum Gasteiger partial charge on any atom is 0.317 e. The molecule has 0 bridgehead atoms. The third-order valence-electron chi connectivity index (χ3n) is 3.42. The molecule has 0 spiro atoms. The van der Waals surface area contributed by atoms with E-state index in [4.69, 9.17) is 9.84 Å². The highest BCUT2D eigenvalue weighted by Gasteiger charge is 2.17. The lowest BCUT2D eigenvalue weighted by molar-refractivity contribution is -0.138. The smallest absolute Gasteiger partial charge is 0.317 e. The summed E-state index contributed by atoms with van der Waals surface area (Å²) in [5.74, 6) is -0.722. The first-order chi connectivity index (χ1) is 9.83. The monoisotopic (exact) mass is 297 g/mol. The summed E-state index contributed by atoms with van der Waals surface area (Å²) in [5, 5.41) is 8.92. The van der Waals surface area contributed by atoms with Crippen molar-refractivity contribution in [1.82, 2.24) is 4.90 Å². The largest absolute Gasteiger partial charge is 0.494 e. The lowest BCUT2D eigenvalue weighted by Crippen LogP contribution is -2.39. The molecule has 118 valence electrons. The molecule has 0 aromatic heterocycles. The Morgan fingerprint density at radius 3 is 2.52 bits per heavy atom. The van der Waals surface area contributed by atoms with Crippen molar-refractivity contribution in [2.45, 2.75) is 33.2 Å². The summed E-state index contributed by atoms with van der Waals surface area (Å²) in [6, 6.07) is 5.10. The Morgan fingerprint density at radius 2 is 2.05 bits per heavy atom. The Balaban J connectivity index is 2.65. The van der Waals surface area contributed by atoms with Crippen molar-refractivity contribution < 1.29 is 19.0 Å². The molecule has 0 saturated carbocycles. The van der Waals surface area contributed by atoms with Crippen LogP contribution in [0.2, 0.25) is 0 Å². The molecule has 1 N–H and O–H groups in total. The lowest BCUT2D eigenvalue weighted by atomic mass is 10.00. The first-order valence-electron chi connectivity index (χ1n) is 7.11. The minimum Gasteiger partial charge on any atom is -0.494 e. The first kappa shape index (κ1) is 17.4. The molecule has 21 heavy (non-hydrogen) atoms.